The van der Waals surface area contributed by atoms with Crippen molar-refractivity contribution in [3.63, 3.8) is 0 Å². The van der Waals surface area contributed by atoms with Crippen molar-refractivity contribution in [3.05, 3.63) is 0 Å². The molecule has 0 saturated heterocycles. The zero-order valence-electron chi connectivity index (χ0n) is 4.74. The summed E-state index contributed by atoms with van der Waals surface area (Å²) in [4.78, 5) is 0. The summed E-state index contributed by atoms with van der Waals surface area (Å²) in [5.41, 5.74) is 0. The maximum atomic E-state index is 7.79. The molecular weight excluding hydrogens is 154 g/mol. The highest BCUT2D eigenvalue weighted by Crippen LogP contribution is 1.80. The van der Waals surface area contributed by atoms with Crippen molar-refractivity contribution in [2.45, 2.75) is 20.3 Å². The molecule has 0 spiro atoms. The second-order valence-corrected chi connectivity index (χ2v) is 1.39. The van der Waals surface area contributed by atoms with Crippen LogP contribution in [0.1, 0.15) is 20.3 Å². The molecule has 2 heteroatoms. The van der Waals surface area contributed by atoms with Crippen LogP contribution in [0.25, 0.3) is 0 Å². The average Bonchev–Trinajstić information content (AvgIpc) is 1.75. The van der Waals surface area contributed by atoms with Gasteiger partial charge in [0.25, 0.3) is 0 Å². The second-order valence-electron chi connectivity index (χ2n) is 0.597. The molecule has 42 valence electrons. The maximum absolute atomic E-state index is 7.79. The van der Waals surface area contributed by atoms with E-state index in [9.17, 15) is 0 Å². The molecule has 0 radical (unpaired) electrons. The summed E-state index contributed by atoms with van der Waals surface area (Å²) in [6, 6.07) is 1.97. The quantitative estimate of drug-likeness (QED) is 0.545. The van der Waals surface area contributed by atoms with Crippen LogP contribution < -0.4 is 0 Å². The van der Waals surface area contributed by atoms with Crippen LogP contribution in [0.5, 0.6) is 0 Å². The molecule has 0 atom stereocenters. The lowest BCUT2D eigenvalue weighted by Crippen LogP contribution is -1.59. The van der Waals surface area contributed by atoms with Crippen LogP contribution in [-0.4, -0.2) is 5.33 Å². The van der Waals surface area contributed by atoms with E-state index >= 15 is 0 Å². The maximum Gasteiger partial charge on any atom is 0.0630 e. The van der Waals surface area contributed by atoms with Crippen LogP contribution in [0.2, 0.25) is 0 Å². The normalized spacial score (nSPS) is 5.43. The van der Waals surface area contributed by atoms with Crippen molar-refractivity contribution in [1.82, 2.24) is 0 Å². The molecule has 0 heterocycles. The number of nitrogens with zero attached hydrogens (tertiary/aromatic N) is 1. The van der Waals surface area contributed by atoms with Crippen LogP contribution >= 0.6 is 15.9 Å². The summed E-state index contributed by atoms with van der Waals surface area (Å²) < 4.78 is 0. The largest absolute Gasteiger partial charge is 0.198 e. The Morgan fingerprint density at radius 1 is 1.57 bits per heavy atom. The lowest BCUT2D eigenvalue weighted by atomic mass is 10.6. The Morgan fingerprint density at radius 2 is 2.00 bits per heavy atom. The third kappa shape index (κ3) is 24.2. The first-order chi connectivity index (χ1) is 3.41. The van der Waals surface area contributed by atoms with E-state index in [0.29, 0.717) is 6.42 Å². The average molecular weight is 164 g/mol. The molecule has 7 heavy (non-hydrogen) atoms. The second kappa shape index (κ2) is 16.7. The van der Waals surface area contributed by atoms with Gasteiger partial charge in [0.05, 0.1) is 6.07 Å². The fourth-order valence-electron chi connectivity index (χ4n) is 0.0423. The predicted octanol–water partition coefficient (Wildman–Crippen LogP) is 2.32. The summed E-state index contributed by atoms with van der Waals surface area (Å²) in [5, 5.41) is 8.58. The molecule has 0 aromatic carbocycles. The highest BCUT2D eigenvalue weighted by atomic mass is 79.9. The van der Waals surface area contributed by atoms with Gasteiger partial charge in [-0.3, -0.25) is 0 Å². The number of rotatable bonds is 1. The van der Waals surface area contributed by atoms with Crippen LogP contribution in [0.3, 0.4) is 0 Å². The Hall–Kier alpha value is -0.0300. The highest BCUT2D eigenvalue weighted by molar-refractivity contribution is 9.09. The molecule has 0 aliphatic rings. The van der Waals surface area contributed by atoms with Crippen LogP contribution in [0, 0.1) is 11.3 Å². The van der Waals surface area contributed by atoms with Crippen LogP contribution in [0.15, 0.2) is 0 Å². The number of alkyl halides is 1. The van der Waals surface area contributed by atoms with Crippen LogP contribution in [0.4, 0.5) is 0 Å². The monoisotopic (exact) mass is 163 g/mol. The first-order valence-corrected chi connectivity index (χ1v) is 3.47. The van der Waals surface area contributed by atoms with E-state index < -0.39 is 0 Å². The van der Waals surface area contributed by atoms with E-state index in [2.05, 4.69) is 15.9 Å². The van der Waals surface area contributed by atoms with E-state index in [1.54, 1.807) is 0 Å². The molecule has 0 aliphatic heterocycles. The number of nitriles is 1. The van der Waals surface area contributed by atoms with E-state index in [1.165, 1.54) is 0 Å². The summed E-state index contributed by atoms with van der Waals surface area (Å²) in [5.74, 6) is 0. The van der Waals surface area contributed by atoms with Gasteiger partial charge in [-0.1, -0.05) is 29.8 Å². The van der Waals surface area contributed by atoms with Gasteiger partial charge in [0.2, 0.25) is 0 Å². The summed E-state index contributed by atoms with van der Waals surface area (Å²) in [6.45, 7) is 4.00. The lowest BCUT2D eigenvalue weighted by Gasteiger charge is -1.63. The topological polar surface area (TPSA) is 23.8 Å². The summed E-state index contributed by atoms with van der Waals surface area (Å²) >= 11 is 3.09. The third-order valence-electron chi connectivity index (χ3n) is 0.206. The molecule has 0 bridgehead atoms. The van der Waals surface area contributed by atoms with Gasteiger partial charge in [-0.25, -0.2) is 0 Å². The number of halogens is 1. The number of hydrogen-bond donors (Lipinski definition) is 0. The van der Waals surface area contributed by atoms with Crippen molar-refractivity contribution in [3.8, 4) is 6.07 Å². The van der Waals surface area contributed by atoms with Gasteiger partial charge in [0, 0.05) is 11.8 Å². The molecule has 0 amide bonds. The van der Waals surface area contributed by atoms with E-state index in [1.807, 2.05) is 19.9 Å². The predicted molar refractivity (Wildman–Crippen MR) is 35.4 cm³/mol. The first kappa shape index (κ1) is 10.1. The van der Waals surface area contributed by atoms with Crippen molar-refractivity contribution >= 4 is 15.9 Å². The Labute approximate surface area is 53.5 Å². The van der Waals surface area contributed by atoms with Crippen molar-refractivity contribution in [1.29, 1.82) is 5.26 Å². The standard InChI is InChI=1S/C3H4BrN.C2H6/c4-2-1-3-5;1-2/h1-2H2;1-2H3. The molecular formula is C5H10BrN. The molecule has 0 N–H and O–H groups in total. The molecule has 0 aliphatic carbocycles. The zero-order valence-corrected chi connectivity index (χ0v) is 6.33. The highest BCUT2D eigenvalue weighted by Gasteiger charge is 1.67. The smallest absolute Gasteiger partial charge is 0.0630 e. The van der Waals surface area contributed by atoms with Crippen LogP contribution in [-0.2, 0) is 0 Å². The van der Waals surface area contributed by atoms with E-state index in [0.717, 1.165) is 5.33 Å². The van der Waals surface area contributed by atoms with E-state index in [-0.39, 0.29) is 0 Å². The zero-order chi connectivity index (χ0) is 6.12. The van der Waals surface area contributed by atoms with E-state index in [4.69, 9.17) is 5.26 Å². The minimum Gasteiger partial charge on any atom is -0.198 e. The third-order valence-corrected chi connectivity index (χ3v) is 0.603. The fraction of sp³-hybridized carbons (Fsp3) is 0.800. The molecule has 0 unspecified atom stereocenters. The SMILES string of the molecule is CC.N#CCCBr. The van der Waals surface area contributed by atoms with Gasteiger partial charge < -0.3 is 0 Å². The van der Waals surface area contributed by atoms with Crippen molar-refractivity contribution in [2.75, 3.05) is 5.33 Å². The molecule has 1 nitrogen and oxygen atoms in total. The minimum absolute atomic E-state index is 0.611. The van der Waals surface area contributed by atoms with Crippen molar-refractivity contribution < 1.29 is 0 Å². The Morgan fingerprint density at radius 3 is 2.00 bits per heavy atom. The minimum atomic E-state index is 0.611. The fourth-order valence-corrected chi connectivity index (χ4v) is 0.220. The Kier molecular flexibility index (Phi) is 24.0. The molecule has 0 aromatic rings. The summed E-state index contributed by atoms with van der Waals surface area (Å²) in [6.07, 6.45) is 0.611. The first-order valence-electron chi connectivity index (χ1n) is 2.34. The molecule has 0 fully saturated rings. The van der Waals surface area contributed by atoms with Gasteiger partial charge >= 0.3 is 0 Å². The van der Waals surface area contributed by atoms with Gasteiger partial charge in [0.15, 0.2) is 0 Å². The number of hydrogen-bond acceptors (Lipinski definition) is 1. The lowest BCUT2D eigenvalue weighted by molar-refractivity contribution is 1.25. The van der Waals surface area contributed by atoms with Gasteiger partial charge in [-0.05, 0) is 0 Å². The Bertz CT molecular complexity index is 46.5. The van der Waals surface area contributed by atoms with Gasteiger partial charge in [0.1, 0.15) is 0 Å². The van der Waals surface area contributed by atoms with Gasteiger partial charge in [-0.15, -0.1) is 0 Å². The molecule has 0 saturated carbocycles. The Balaban J connectivity index is 0. The molecule has 0 aromatic heterocycles. The van der Waals surface area contributed by atoms with Gasteiger partial charge in [-0.2, -0.15) is 5.26 Å². The van der Waals surface area contributed by atoms with Crippen molar-refractivity contribution in [2.24, 2.45) is 0 Å². The molecule has 0 rings (SSSR count). The summed E-state index contributed by atoms with van der Waals surface area (Å²) in [7, 11) is 0.